The maximum absolute atomic E-state index is 11.8. The zero-order valence-corrected chi connectivity index (χ0v) is 9.52. The first-order chi connectivity index (χ1) is 7.02. The number of rotatable bonds is 3. The highest BCUT2D eigenvalue weighted by Gasteiger charge is 2.25. The molecule has 1 heterocycles. The fourth-order valence-corrected chi connectivity index (χ4v) is 1.68. The molecule has 2 atom stereocenters. The van der Waals surface area contributed by atoms with Gasteiger partial charge in [0.05, 0.1) is 12.6 Å². The van der Waals surface area contributed by atoms with Gasteiger partial charge in [-0.1, -0.05) is 0 Å². The standard InChI is InChI=1S/C10H21N3O2/c1-12(2)9(14)7-13-6-4-3-5-8(11)10(13)15/h8-9,14H,3-7,11H2,1-2H3/t8-,9?/m0/s1. The third kappa shape index (κ3) is 3.44. The van der Waals surface area contributed by atoms with Crippen molar-refractivity contribution in [1.82, 2.24) is 9.80 Å². The van der Waals surface area contributed by atoms with Gasteiger partial charge in [0.15, 0.2) is 0 Å². The zero-order valence-electron chi connectivity index (χ0n) is 9.52. The van der Waals surface area contributed by atoms with Crippen molar-refractivity contribution < 1.29 is 9.90 Å². The van der Waals surface area contributed by atoms with E-state index in [9.17, 15) is 9.90 Å². The van der Waals surface area contributed by atoms with E-state index in [0.717, 1.165) is 19.3 Å². The van der Waals surface area contributed by atoms with Crippen molar-refractivity contribution in [3.05, 3.63) is 0 Å². The van der Waals surface area contributed by atoms with E-state index in [2.05, 4.69) is 0 Å². The summed E-state index contributed by atoms with van der Waals surface area (Å²) in [6.45, 7) is 1.05. The number of hydrogen-bond donors (Lipinski definition) is 2. The van der Waals surface area contributed by atoms with Crippen LogP contribution in [0, 0.1) is 0 Å². The first-order valence-corrected chi connectivity index (χ1v) is 5.41. The number of β-amino-alcohol motifs (C(OH)–C–C–N with tert-alkyl or cyclic N) is 1. The molecule has 0 aliphatic carbocycles. The molecule has 0 aromatic heterocycles. The predicted octanol–water partition coefficient (Wildman–Crippen LogP) is -0.794. The Kier molecular flexibility index (Phi) is 4.50. The molecule has 0 aromatic carbocycles. The lowest BCUT2D eigenvalue weighted by Gasteiger charge is -2.28. The molecule has 1 rings (SSSR count). The molecule has 1 fully saturated rings. The van der Waals surface area contributed by atoms with Crippen molar-refractivity contribution in [3.8, 4) is 0 Å². The second-order valence-corrected chi connectivity index (χ2v) is 4.33. The number of amides is 1. The fourth-order valence-electron chi connectivity index (χ4n) is 1.68. The summed E-state index contributed by atoms with van der Waals surface area (Å²) in [7, 11) is 3.57. The van der Waals surface area contributed by atoms with E-state index in [-0.39, 0.29) is 11.9 Å². The average molecular weight is 215 g/mol. The molecule has 5 nitrogen and oxygen atoms in total. The largest absolute Gasteiger partial charge is 0.377 e. The molecule has 15 heavy (non-hydrogen) atoms. The Morgan fingerprint density at radius 1 is 1.60 bits per heavy atom. The highest BCUT2D eigenvalue weighted by atomic mass is 16.3. The van der Waals surface area contributed by atoms with Crippen molar-refractivity contribution in [2.24, 2.45) is 5.73 Å². The van der Waals surface area contributed by atoms with Gasteiger partial charge in [0.2, 0.25) is 5.91 Å². The molecule has 88 valence electrons. The van der Waals surface area contributed by atoms with Crippen molar-refractivity contribution in [3.63, 3.8) is 0 Å². The number of carbonyl (C=O) groups excluding carboxylic acids is 1. The highest BCUT2D eigenvalue weighted by molar-refractivity contribution is 5.81. The molecule has 1 aliphatic rings. The Bertz CT molecular complexity index is 221. The SMILES string of the molecule is CN(C)C(O)CN1CCCC[C@H](N)C1=O. The molecule has 3 N–H and O–H groups in total. The zero-order chi connectivity index (χ0) is 11.4. The minimum absolute atomic E-state index is 0.0339. The third-order valence-corrected chi connectivity index (χ3v) is 2.80. The topological polar surface area (TPSA) is 69.8 Å². The molecule has 1 unspecified atom stereocenters. The summed E-state index contributed by atoms with van der Waals surface area (Å²) in [5.41, 5.74) is 5.73. The molecular formula is C10H21N3O2. The maximum atomic E-state index is 11.8. The second-order valence-electron chi connectivity index (χ2n) is 4.33. The van der Waals surface area contributed by atoms with Crippen LogP contribution in [0.25, 0.3) is 0 Å². The van der Waals surface area contributed by atoms with Gasteiger partial charge >= 0.3 is 0 Å². The average Bonchev–Trinajstić information content (AvgIpc) is 2.33. The molecule has 0 saturated carbocycles. The minimum atomic E-state index is -0.612. The predicted molar refractivity (Wildman–Crippen MR) is 58.1 cm³/mol. The van der Waals surface area contributed by atoms with Crippen LogP contribution in [0.5, 0.6) is 0 Å². The number of aliphatic hydroxyl groups is 1. The Morgan fingerprint density at radius 2 is 2.27 bits per heavy atom. The van der Waals surface area contributed by atoms with Gasteiger partial charge in [-0.15, -0.1) is 0 Å². The van der Waals surface area contributed by atoms with Crippen LogP contribution < -0.4 is 5.73 Å². The Hall–Kier alpha value is -0.650. The van der Waals surface area contributed by atoms with Crippen LogP contribution in [0.4, 0.5) is 0 Å². The molecule has 0 radical (unpaired) electrons. The van der Waals surface area contributed by atoms with Gasteiger partial charge in [0.25, 0.3) is 0 Å². The van der Waals surface area contributed by atoms with Crippen molar-refractivity contribution in [2.75, 3.05) is 27.2 Å². The molecule has 1 aliphatic heterocycles. The van der Waals surface area contributed by atoms with Crippen LogP contribution in [0.15, 0.2) is 0 Å². The number of hydrogen-bond acceptors (Lipinski definition) is 4. The molecule has 1 saturated heterocycles. The first kappa shape index (κ1) is 12.4. The Labute approximate surface area is 90.8 Å². The maximum Gasteiger partial charge on any atom is 0.239 e. The number of likely N-dealkylation sites (tertiary alicyclic amines) is 1. The summed E-state index contributed by atoms with van der Waals surface area (Å²) in [6, 6.07) is -0.387. The van der Waals surface area contributed by atoms with Gasteiger partial charge in [-0.3, -0.25) is 9.69 Å². The lowest BCUT2D eigenvalue weighted by atomic mass is 10.1. The Balaban J connectivity index is 2.54. The molecule has 1 amide bonds. The molecule has 0 bridgehead atoms. The number of nitrogens with zero attached hydrogens (tertiary/aromatic N) is 2. The third-order valence-electron chi connectivity index (χ3n) is 2.80. The summed E-state index contributed by atoms with van der Waals surface area (Å²) in [6.07, 6.45) is 2.10. The minimum Gasteiger partial charge on any atom is -0.377 e. The van der Waals surface area contributed by atoms with E-state index >= 15 is 0 Å². The molecule has 0 aromatic rings. The number of nitrogens with two attached hydrogens (primary N) is 1. The smallest absolute Gasteiger partial charge is 0.239 e. The van der Waals surface area contributed by atoms with Gasteiger partial charge in [-0.05, 0) is 33.4 Å². The summed E-state index contributed by atoms with van der Waals surface area (Å²) in [4.78, 5) is 15.1. The monoisotopic (exact) mass is 215 g/mol. The van der Waals surface area contributed by atoms with E-state index < -0.39 is 6.23 Å². The molecule has 0 spiro atoms. The van der Waals surface area contributed by atoms with Crippen LogP contribution in [0.3, 0.4) is 0 Å². The normalized spacial score (nSPS) is 25.5. The van der Waals surface area contributed by atoms with Crippen molar-refractivity contribution >= 4 is 5.91 Å². The van der Waals surface area contributed by atoms with E-state index in [4.69, 9.17) is 5.73 Å². The Morgan fingerprint density at radius 3 is 2.87 bits per heavy atom. The van der Waals surface area contributed by atoms with Crippen LogP contribution in [-0.4, -0.2) is 60.3 Å². The van der Waals surface area contributed by atoms with Crippen LogP contribution in [-0.2, 0) is 4.79 Å². The lowest BCUT2D eigenvalue weighted by molar-refractivity contribution is -0.135. The van der Waals surface area contributed by atoms with Gasteiger partial charge in [0, 0.05) is 6.54 Å². The van der Waals surface area contributed by atoms with Crippen LogP contribution in [0.1, 0.15) is 19.3 Å². The van der Waals surface area contributed by atoms with Crippen molar-refractivity contribution in [2.45, 2.75) is 31.5 Å². The van der Waals surface area contributed by atoms with Crippen molar-refractivity contribution in [1.29, 1.82) is 0 Å². The van der Waals surface area contributed by atoms with Crippen LogP contribution >= 0.6 is 0 Å². The number of carbonyl (C=O) groups is 1. The summed E-state index contributed by atoms with van der Waals surface area (Å²) in [5.74, 6) is -0.0339. The van der Waals surface area contributed by atoms with Crippen LogP contribution in [0.2, 0.25) is 0 Å². The number of aliphatic hydroxyl groups excluding tert-OH is 1. The van der Waals surface area contributed by atoms with E-state index in [1.807, 2.05) is 0 Å². The summed E-state index contributed by atoms with van der Waals surface area (Å²) >= 11 is 0. The van der Waals surface area contributed by atoms with Gasteiger partial charge < -0.3 is 15.7 Å². The number of likely N-dealkylation sites (N-methyl/N-ethyl adjacent to an activating group) is 1. The highest BCUT2D eigenvalue weighted by Crippen LogP contribution is 2.11. The molecular weight excluding hydrogens is 194 g/mol. The van der Waals surface area contributed by atoms with Gasteiger partial charge in [-0.2, -0.15) is 0 Å². The van der Waals surface area contributed by atoms with Gasteiger partial charge in [-0.25, -0.2) is 0 Å². The fraction of sp³-hybridized carbons (Fsp3) is 0.900. The van der Waals surface area contributed by atoms with Gasteiger partial charge in [0.1, 0.15) is 6.23 Å². The van der Waals surface area contributed by atoms with E-state index in [1.165, 1.54) is 0 Å². The van der Waals surface area contributed by atoms with E-state index in [0.29, 0.717) is 13.1 Å². The first-order valence-electron chi connectivity index (χ1n) is 5.41. The molecule has 5 heteroatoms. The summed E-state index contributed by atoms with van der Waals surface area (Å²) < 4.78 is 0. The quantitative estimate of drug-likeness (QED) is 0.605. The summed E-state index contributed by atoms with van der Waals surface area (Å²) in [5, 5.41) is 9.67. The van der Waals surface area contributed by atoms with E-state index in [1.54, 1.807) is 23.9 Å². The second kappa shape index (κ2) is 5.44. The lowest BCUT2D eigenvalue weighted by Crippen LogP contribution is -2.48.